The number of anilines is 2. The SMILES string of the molecule is CC1NC(C(=O)/N=C(/Nc2ccc(F)cc2)Nc2ccc(Cl)cc2)CS1. The maximum atomic E-state index is 13.1. The zero-order chi connectivity index (χ0) is 18.5. The molecular weight excluding hydrogens is 375 g/mol. The van der Waals surface area contributed by atoms with Gasteiger partial charge in [0.15, 0.2) is 0 Å². The number of aliphatic imine (C=N–C) groups is 1. The summed E-state index contributed by atoms with van der Waals surface area (Å²) in [4.78, 5) is 16.6. The molecule has 136 valence electrons. The summed E-state index contributed by atoms with van der Waals surface area (Å²) in [6.45, 7) is 2.01. The fourth-order valence-corrected chi connectivity index (χ4v) is 3.48. The molecule has 26 heavy (non-hydrogen) atoms. The van der Waals surface area contributed by atoms with Crippen molar-refractivity contribution in [3.63, 3.8) is 0 Å². The molecule has 0 aliphatic carbocycles. The zero-order valence-electron chi connectivity index (χ0n) is 14.0. The van der Waals surface area contributed by atoms with E-state index in [1.54, 1.807) is 48.2 Å². The van der Waals surface area contributed by atoms with Gasteiger partial charge in [-0.05, 0) is 55.5 Å². The van der Waals surface area contributed by atoms with Gasteiger partial charge in [0.25, 0.3) is 5.91 Å². The number of rotatable bonds is 3. The number of hydrogen-bond donors (Lipinski definition) is 3. The van der Waals surface area contributed by atoms with Crippen molar-refractivity contribution in [2.75, 3.05) is 16.4 Å². The second-order valence-corrected chi connectivity index (χ2v) is 7.57. The maximum Gasteiger partial charge on any atom is 0.266 e. The number of thioether (sulfide) groups is 1. The van der Waals surface area contributed by atoms with Crippen molar-refractivity contribution in [3.05, 3.63) is 59.4 Å². The topological polar surface area (TPSA) is 65.5 Å². The molecule has 2 unspecified atom stereocenters. The van der Waals surface area contributed by atoms with Crippen molar-refractivity contribution in [3.8, 4) is 0 Å². The Labute approximate surface area is 160 Å². The van der Waals surface area contributed by atoms with E-state index in [4.69, 9.17) is 11.6 Å². The van der Waals surface area contributed by atoms with E-state index in [0.29, 0.717) is 16.5 Å². The van der Waals surface area contributed by atoms with E-state index in [1.165, 1.54) is 12.1 Å². The van der Waals surface area contributed by atoms with Gasteiger partial charge < -0.3 is 10.6 Å². The molecule has 5 nitrogen and oxygen atoms in total. The van der Waals surface area contributed by atoms with Gasteiger partial charge >= 0.3 is 0 Å². The first kappa shape index (κ1) is 18.7. The predicted molar refractivity (Wildman–Crippen MR) is 106 cm³/mol. The van der Waals surface area contributed by atoms with Crippen molar-refractivity contribution in [2.45, 2.75) is 18.3 Å². The van der Waals surface area contributed by atoms with Gasteiger partial charge in [-0.2, -0.15) is 4.99 Å². The van der Waals surface area contributed by atoms with Crippen LogP contribution in [-0.4, -0.2) is 29.0 Å². The van der Waals surface area contributed by atoms with Gasteiger partial charge in [0.2, 0.25) is 5.96 Å². The minimum absolute atomic E-state index is 0.219. The van der Waals surface area contributed by atoms with Gasteiger partial charge in [0.1, 0.15) is 5.82 Å². The minimum atomic E-state index is -0.336. The zero-order valence-corrected chi connectivity index (χ0v) is 15.6. The molecule has 1 saturated heterocycles. The molecular formula is C18H18ClFN4OS. The second kappa shape index (κ2) is 8.53. The molecule has 0 saturated carbocycles. The molecule has 2 aromatic carbocycles. The van der Waals surface area contributed by atoms with E-state index in [0.717, 1.165) is 5.69 Å². The lowest BCUT2D eigenvalue weighted by Gasteiger charge is -2.14. The number of halogens is 2. The molecule has 1 heterocycles. The highest BCUT2D eigenvalue weighted by Gasteiger charge is 2.27. The Bertz CT molecular complexity index is 748. The summed E-state index contributed by atoms with van der Waals surface area (Å²) in [5, 5.41) is 10.1. The number of carbonyl (C=O) groups excluding carboxylic acids is 1. The monoisotopic (exact) mass is 392 g/mol. The van der Waals surface area contributed by atoms with Crippen LogP contribution in [0.25, 0.3) is 0 Å². The molecule has 2 aromatic rings. The van der Waals surface area contributed by atoms with E-state index in [9.17, 15) is 9.18 Å². The van der Waals surface area contributed by atoms with Crippen molar-refractivity contribution in [1.29, 1.82) is 0 Å². The number of benzene rings is 2. The Morgan fingerprint density at radius 1 is 1.15 bits per heavy atom. The highest BCUT2D eigenvalue weighted by molar-refractivity contribution is 8.00. The minimum Gasteiger partial charge on any atom is -0.326 e. The number of guanidine groups is 1. The summed E-state index contributed by atoms with van der Waals surface area (Å²) >= 11 is 7.58. The van der Waals surface area contributed by atoms with Crippen LogP contribution in [0.5, 0.6) is 0 Å². The smallest absolute Gasteiger partial charge is 0.266 e. The fourth-order valence-electron chi connectivity index (χ4n) is 2.38. The second-order valence-electron chi connectivity index (χ2n) is 5.76. The van der Waals surface area contributed by atoms with Crippen LogP contribution in [0.1, 0.15) is 6.92 Å². The van der Waals surface area contributed by atoms with Crippen LogP contribution in [0.3, 0.4) is 0 Å². The fraction of sp³-hybridized carbons (Fsp3) is 0.222. The molecule has 0 radical (unpaired) electrons. The van der Waals surface area contributed by atoms with Crippen LogP contribution in [0.15, 0.2) is 53.5 Å². The largest absolute Gasteiger partial charge is 0.326 e. The van der Waals surface area contributed by atoms with Gasteiger partial charge in [-0.25, -0.2) is 4.39 Å². The van der Waals surface area contributed by atoms with Gasteiger partial charge in [-0.3, -0.25) is 10.1 Å². The predicted octanol–water partition coefficient (Wildman–Crippen LogP) is 3.94. The number of amides is 1. The first-order chi connectivity index (χ1) is 12.5. The number of carbonyl (C=O) groups is 1. The van der Waals surface area contributed by atoms with Gasteiger partial charge in [-0.1, -0.05) is 11.6 Å². The number of hydrogen-bond acceptors (Lipinski definition) is 3. The van der Waals surface area contributed by atoms with Gasteiger partial charge in [0, 0.05) is 22.2 Å². The van der Waals surface area contributed by atoms with Crippen molar-refractivity contribution >= 4 is 46.6 Å². The van der Waals surface area contributed by atoms with E-state index in [1.807, 2.05) is 6.92 Å². The lowest BCUT2D eigenvalue weighted by atomic mass is 10.3. The summed E-state index contributed by atoms with van der Waals surface area (Å²) in [7, 11) is 0. The Morgan fingerprint density at radius 3 is 2.27 bits per heavy atom. The maximum absolute atomic E-state index is 13.1. The molecule has 1 aliphatic rings. The molecule has 2 atom stereocenters. The van der Waals surface area contributed by atoms with Crippen molar-refractivity contribution < 1.29 is 9.18 Å². The summed E-state index contributed by atoms with van der Waals surface area (Å²) in [6.07, 6.45) is 0. The molecule has 1 amide bonds. The number of nitrogens with zero attached hydrogens (tertiary/aromatic N) is 1. The highest BCUT2D eigenvalue weighted by atomic mass is 35.5. The molecule has 8 heteroatoms. The Hall–Kier alpha value is -2.09. The highest BCUT2D eigenvalue weighted by Crippen LogP contribution is 2.19. The normalized spacial score (nSPS) is 20.0. The molecule has 0 aromatic heterocycles. The molecule has 0 bridgehead atoms. The summed E-state index contributed by atoms with van der Waals surface area (Å²) in [6, 6.07) is 12.5. The average Bonchev–Trinajstić information content (AvgIpc) is 3.05. The van der Waals surface area contributed by atoms with Crippen molar-refractivity contribution in [1.82, 2.24) is 5.32 Å². The Balaban J connectivity index is 1.79. The van der Waals surface area contributed by atoms with E-state index >= 15 is 0 Å². The van der Waals surface area contributed by atoms with Gasteiger partial charge in [0.05, 0.1) is 11.4 Å². The molecule has 1 fully saturated rings. The third-order valence-corrected chi connectivity index (χ3v) is 5.10. The van der Waals surface area contributed by atoms with Crippen LogP contribution in [0.2, 0.25) is 5.02 Å². The van der Waals surface area contributed by atoms with Crippen LogP contribution in [0, 0.1) is 5.82 Å². The molecule has 3 N–H and O–H groups in total. The summed E-state index contributed by atoms with van der Waals surface area (Å²) in [5.41, 5.74) is 1.33. The first-order valence-corrected chi connectivity index (χ1v) is 9.47. The van der Waals surface area contributed by atoms with Crippen LogP contribution < -0.4 is 16.0 Å². The average molecular weight is 393 g/mol. The third-order valence-electron chi connectivity index (χ3n) is 3.68. The standard InChI is InChI=1S/C18H18ClFN4OS/c1-11-21-16(10-26-11)17(25)24-18(22-14-6-2-12(19)3-7-14)23-15-8-4-13(20)5-9-15/h2-9,11,16,21H,10H2,1H3,(H2,22,23,24,25). The Kier molecular flexibility index (Phi) is 6.13. The van der Waals surface area contributed by atoms with Crippen molar-refractivity contribution in [2.24, 2.45) is 4.99 Å². The van der Waals surface area contributed by atoms with E-state index < -0.39 is 0 Å². The first-order valence-electron chi connectivity index (χ1n) is 8.05. The van der Waals surface area contributed by atoms with Crippen LogP contribution >= 0.6 is 23.4 Å². The lowest BCUT2D eigenvalue weighted by molar-refractivity contribution is -0.119. The lowest BCUT2D eigenvalue weighted by Crippen LogP contribution is -2.36. The van der Waals surface area contributed by atoms with Gasteiger partial charge in [-0.15, -0.1) is 11.8 Å². The van der Waals surface area contributed by atoms with E-state index in [2.05, 4.69) is 20.9 Å². The summed E-state index contributed by atoms with van der Waals surface area (Å²) in [5.74, 6) is 0.328. The van der Waals surface area contributed by atoms with E-state index in [-0.39, 0.29) is 29.1 Å². The quantitative estimate of drug-likeness (QED) is 0.545. The number of nitrogens with one attached hydrogen (secondary N) is 3. The Morgan fingerprint density at radius 2 is 1.73 bits per heavy atom. The molecule has 3 rings (SSSR count). The molecule has 0 spiro atoms. The summed E-state index contributed by atoms with van der Waals surface area (Å²) < 4.78 is 13.1. The third kappa shape index (κ3) is 5.20. The van der Waals surface area contributed by atoms with Crippen LogP contribution in [0.4, 0.5) is 15.8 Å². The van der Waals surface area contributed by atoms with Crippen LogP contribution in [-0.2, 0) is 4.79 Å². The molecule has 1 aliphatic heterocycles.